The highest BCUT2D eigenvalue weighted by molar-refractivity contribution is 5.84. The quantitative estimate of drug-likeness (QED) is 0.663. The fraction of sp³-hybridized carbons (Fsp3) is 0.100. The second-order valence-electron chi connectivity index (χ2n) is 3.09. The Balaban J connectivity index is 3.03. The first kappa shape index (κ1) is 8.62. The minimum absolute atomic E-state index is 0.0957. The number of hydrogen-bond donors (Lipinski definition) is 2. The van der Waals surface area contributed by atoms with Crippen molar-refractivity contribution < 1.29 is 14.6 Å². The summed E-state index contributed by atoms with van der Waals surface area (Å²) in [5.41, 5.74) is 0.276. The lowest BCUT2D eigenvalue weighted by Crippen LogP contribution is -2.04. The van der Waals surface area contributed by atoms with Crippen LogP contribution in [0, 0.1) is 6.92 Å². The number of fused-ring (bicyclic) bond motifs is 1. The standard InChI is InChI=1S/C10H8O4/c1-5-4-14-10-7(9(5)13)2-6(11)3-8(10)12/h2-4,11-12H,1H3. The Hall–Kier alpha value is -1.97. The lowest BCUT2D eigenvalue weighted by molar-refractivity contribution is 0.444. The van der Waals surface area contributed by atoms with Gasteiger partial charge < -0.3 is 14.6 Å². The van der Waals surface area contributed by atoms with Crippen molar-refractivity contribution in [2.45, 2.75) is 6.92 Å². The van der Waals surface area contributed by atoms with E-state index in [9.17, 15) is 15.0 Å². The zero-order valence-corrected chi connectivity index (χ0v) is 7.44. The molecule has 1 aromatic heterocycles. The van der Waals surface area contributed by atoms with Gasteiger partial charge in [-0.15, -0.1) is 0 Å². The zero-order valence-electron chi connectivity index (χ0n) is 7.44. The monoisotopic (exact) mass is 192 g/mol. The van der Waals surface area contributed by atoms with Crippen LogP contribution in [0.25, 0.3) is 11.0 Å². The molecule has 0 aliphatic carbocycles. The van der Waals surface area contributed by atoms with Crippen LogP contribution in [-0.2, 0) is 0 Å². The normalized spacial score (nSPS) is 10.6. The number of aryl methyl sites for hydroxylation is 1. The van der Waals surface area contributed by atoms with E-state index >= 15 is 0 Å². The van der Waals surface area contributed by atoms with Crippen LogP contribution in [0.2, 0.25) is 0 Å². The Morgan fingerprint density at radius 2 is 2.00 bits per heavy atom. The van der Waals surface area contributed by atoms with Crippen LogP contribution in [0.5, 0.6) is 11.5 Å². The summed E-state index contributed by atoms with van der Waals surface area (Å²) in [6.07, 6.45) is 1.28. The summed E-state index contributed by atoms with van der Waals surface area (Å²) in [4.78, 5) is 11.6. The summed E-state index contributed by atoms with van der Waals surface area (Å²) in [5.74, 6) is -0.398. The Bertz CT molecular complexity index is 554. The average molecular weight is 192 g/mol. The van der Waals surface area contributed by atoms with E-state index in [1.54, 1.807) is 6.92 Å². The van der Waals surface area contributed by atoms with E-state index in [2.05, 4.69) is 0 Å². The molecule has 0 saturated heterocycles. The van der Waals surface area contributed by atoms with Gasteiger partial charge in [-0.1, -0.05) is 0 Å². The third kappa shape index (κ3) is 1.12. The molecule has 0 aliphatic rings. The first-order valence-corrected chi connectivity index (χ1v) is 4.03. The summed E-state index contributed by atoms with van der Waals surface area (Å²) >= 11 is 0. The van der Waals surface area contributed by atoms with Gasteiger partial charge in [0, 0.05) is 11.6 Å². The molecule has 0 amide bonds. The van der Waals surface area contributed by atoms with Crippen LogP contribution < -0.4 is 5.43 Å². The first-order chi connectivity index (χ1) is 6.59. The van der Waals surface area contributed by atoms with Gasteiger partial charge in [-0.3, -0.25) is 4.79 Å². The molecule has 2 rings (SSSR count). The molecule has 0 aliphatic heterocycles. The van der Waals surface area contributed by atoms with Gasteiger partial charge in [0.25, 0.3) is 0 Å². The molecule has 0 bridgehead atoms. The zero-order chi connectivity index (χ0) is 10.3. The van der Waals surface area contributed by atoms with Crippen molar-refractivity contribution >= 4 is 11.0 Å². The van der Waals surface area contributed by atoms with Crippen LogP contribution in [0.4, 0.5) is 0 Å². The van der Waals surface area contributed by atoms with Crippen molar-refractivity contribution in [3.63, 3.8) is 0 Å². The summed E-state index contributed by atoms with van der Waals surface area (Å²) in [6.45, 7) is 1.60. The lowest BCUT2D eigenvalue weighted by Gasteiger charge is -2.01. The molecule has 0 atom stereocenters. The number of rotatable bonds is 0. The molecule has 0 spiro atoms. The molecule has 0 fully saturated rings. The van der Waals surface area contributed by atoms with Crippen LogP contribution in [0.3, 0.4) is 0 Å². The van der Waals surface area contributed by atoms with Gasteiger partial charge in [-0.2, -0.15) is 0 Å². The van der Waals surface area contributed by atoms with Crippen LogP contribution in [-0.4, -0.2) is 10.2 Å². The number of phenols is 2. The van der Waals surface area contributed by atoms with Crippen molar-refractivity contribution in [2.24, 2.45) is 0 Å². The topological polar surface area (TPSA) is 70.7 Å². The second kappa shape index (κ2) is 2.77. The fourth-order valence-corrected chi connectivity index (χ4v) is 1.30. The van der Waals surface area contributed by atoms with E-state index in [-0.39, 0.29) is 27.9 Å². The predicted molar refractivity (Wildman–Crippen MR) is 50.6 cm³/mol. The van der Waals surface area contributed by atoms with Gasteiger partial charge in [0.15, 0.2) is 16.8 Å². The van der Waals surface area contributed by atoms with Crippen molar-refractivity contribution in [1.29, 1.82) is 0 Å². The summed E-state index contributed by atoms with van der Waals surface area (Å²) in [7, 11) is 0. The van der Waals surface area contributed by atoms with E-state index in [0.29, 0.717) is 5.56 Å². The molecule has 0 radical (unpaired) electrons. The number of phenolic OH excluding ortho intramolecular Hbond substituents is 2. The van der Waals surface area contributed by atoms with Crippen LogP contribution in [0.15, 0.2) is 27.6 Å². The third-order valence-electron chi connectivity index (χ3n) is 2.01. The average Bonchev–Trinajstić information content (AvgIpc) is 2.12. The van der Waals surface area contributed by atoms with Gasteiger partial charge in [0.05, 0.1) is 11.6 Å². The van der Waals surface area contributed by atoms with E-state index in [1.807, 2.05) is 0 Å². The molecule has 14 heavy (non-hydrogen) atoms. The molecule has 1 aromatic carbocycles. The molecule has 0 unspecified atom stereocenters. The third-order valence-corrected chi connectivity index (χ3v) is 2.01. The Morgan fingerprint density at radius 3 is 2.71 bits per heavy atom. The maximum Gasteiger partial charge on any atom is 0.195 e. The Labute approximate surface area is 79.0 Å². The maximum absolute atomic E-state index is 11.6. The van der Waals surface area contributed by atoms with Crippen molar-refractivity contribution in [1.82, 2.24) is 0 Å². The van der Waals surface area contributed by atoms with Crippen molar-refractivity contribution in [3.8, 4) is 11.5 Å². The molecule has 4 nitrogen and oxygen atoms in total. The van der Waals surface area contributed by atoms with Gasteiger partial charge in [0.1, 0.15) is 5.75 Å². The fourth-order valence-electron chi connectivity index (χ4n) is 1.30. The lowest BCUT2D eigenvalue weighted by atomic mass is 10.1. The SMILES string of the molecule is Cc1coc2c(O)cc(O)cc2c1=O. The van der Waals surface area contributed by atoms with E-state index in [1.165, 1.54) is 12.3 Å². The smallest absolute Gasteiger partial charge is 0.195 e. The van der Waals surface area contributed by atoms with E-state index < -0.39 is 0 Å². The Kier molecular flexibility index (Phi) is 1.70. The van der Waals surface area contributed by atoms with Crippen molar-refractivity contribution in [2.75, 3.05) is 0 Å². The molecule has 2 N–H and O–H groups in total. The molecular formula is C10H8O4. The summed E-state index contributed by atoms with van der Waals surface area (Å²) in [5, 5.41) is 18.7. The molecule has 0 saturated carbocycles. The highest BCUT2D eigenvalue weighted by Crippen LogP contribution is 2.27. The van der Waals surface area contributed by atoms with Crippen LogP contribution in [0.1, 0.15) is 5.56 Å². The van der Waals surface area contributed by atoms with Gasteiger partial charge >= 0.3 is 0 Å². The highest BCUT2D eigenvalue weighted by atomic mass is 16.3. The molecule has 72 valence electrons. The summed E-state index contributed by atoms with van der Waals surface area (Å²) < 4.78 is 5.05. The minimum atomic E-state index is -0.252. The molecular weight excluding hydrogens is 184 g/mol. The highest BCUT2D eigenvalue weighted by Gasteiger charge is 2.09. The van der Waals surface area contributed by atoms with Gasteiger partial charge in [-0.25, -0.2) is 0 Å². The molecule has 4 heteroatoms. The molecule has 2 aromatic rings. The maximum atomic E-state index is 11.6. The van der Waals surface area contributed by atoms with Crippen LogP contribution >= 0.6 is 0 Å². The first-order valence-electron chi connectivity index (χ1n) is 4.03. The van der Waals surface area contributed by atoms with E-state index in [4.69, 9.17) is 4.42 Å². The number of benzene rings is 1. The van der Waals surface area contributed by atoms with Crippen molar-refractivity contribution in [3.05, 3.63) is 34.2 Å². The predicted octanol–water partition coefficient (Wildman–Crippen LogP) is 1.51. The second-order valence-corrected chi connectivity index (χ2v) is 3.09. The largest absolute Gasteiger partial charge is 0.508 e. The minimum Gasteiger partial charge on any atom is -0.508 e. The molecule has 1 heterocycles. The summed E-state index contributed by atoms with van der Waals surface area (Å²) in [6, 6.07) is 2.40. The van der Waals surface area contributed by atoms with Gasteiger partial charge in [-0.05, 0) is 13.0 Å². The number of aromatic hydroxyl groups is 2. The number of hydrogen-bond acceptors (Lipinski definition) is 4. The van der Waals surface area contributed by atoms with E-state index in [0.717, 1.165) is 6.07 Å². The Morgan fingerprint density at radius 1 is 1.29 bits per heavy atom. The van der Waals surface area contributed by atoms with Gasteiger partial charge in [0.2, 0.25) is 0 Å².